The zero-order chi connectivity index (χ0) is 16.9. The summed E-state index contributed by atoms with van der Waals surface area (Å²) in [5.41, 5.74) is 0.254. The lowest BCUT2D eigenvalue weighted by Gasteiger charge is -2.27. The van der Waals surface area contributed by atoms with E-state index in [1.165, 1.54) is 10.4 Å². The fourth-order valence-corrected chi connectivity index (χ4v) is 4.22. The van der Waals surface area contributed by atoms with Gasteiger partial charge < -0.3 is 10.2 Å². The van der Waals surface area contributed by atoms with Gasteiger partial charge in [-0.25, -0.2) is 8.42 Å². The molecule has 1 amide bonds. The van der Waals surface area contributed by atoms with Crippen LogP contribution < -0.4 is 5.32 Å². The Morgan fingerprint density at radius 2 is 1.88 bits per heavy atom. The number of unbranched alkanes of at least 4 members (excludes halogenated alkanes) is 1. The number of halogens is 1. The van der Waals surface area contributed by atoms with Crippen LogP contribution in [-0.2, 0) is 10.0 Å². The third kappa shape index (κ3) is 4.69. The largest absolute Gasteiger partial charge is 0.342 e. The van der Waals surface area contributed by atoms with E-state index in [2.05, 4.69) is 12.2 Å². The van der Waals surface area contributed by atoms with Crippen molar-refractivity contribution in [3.63, 3.8) is 0 Å². The zero-order valence-electron chi connectivity index (χ0n) is 14.2. The van der Waals surface area contributed by atoms with Crippen LogP contribution in [0.2, 0.25) is 0 Å². The van der Waals surface area contributed by atoms with Crippen molar-refractivity contribution in [1.82, 2.24) is 14.5 Å². The van der Waals surface area contributed by atoms with Gasteiger partial charge in [0.15, 0.2) is 0 Å². The van der Waals surface area contributed by atoms with Crippen LogP contribution in [0, 0.1) is 0 Å². The summed E-state index contributed by atoms with van der Waals surface area (Å²) in [5, 5.41) is 3.14. The molecule has 0 atom stereocenters. The minimum absolute atomic E-state index is 0. The molecular formula is C16H26ClN3O3S. The molecule has 1 aromatic carbocycles. The SMILES string of the molecule is CCCCN(C)C(=O)c1ccccc1S(=O)(=O)N1CCNCC1.Cl. The predicted octanol–water partition coefficient (Wildman–Crippen LogP) is 1.57. The fraction of sp³-hybridized carbons (Fsp3) is 0.562. The van der Waals surface area contributed by atoms with Crippen molar-refractivity contribution in [2.24, 2.45) is 0 Å². The first-order valence-electron chi connectivity index (χ1n) is 8.04. The molecule has 1 aliphatic heterocycles. The Bertz CT molecular complexity index is 646. The Hall–Kier alpha value is -1.15. The monoisotopic (exact) mass is 375 g/mol. The number of carbonyl (C=O) groups is 1. The highest BCUT2D eigenvalue weighted by Gasteiger charge is 2.30. The van der Waals surface area contributed by atoms with Crippen molar-refractivity contribution >= 4 is 28.3 Å². The van der Waals surface area contributed by atoms with Gasteiger partial charge in [0.05, 0.1) is 10.5 Å². The molecule has 6 nitrogen and oxygen atoms in total. The van der Waals surface area contributed by atoms with Crippen LogP contribution in [0.25, 0.3) is 0 Å². The van der Waals surface area contributed by atoms with Gasteiger partial charge in [-0.1, -0.05) is 25.5 Å². The van der Waals surface area contributed by atoms with E-state index in [-0.39, 0.29) is 28.8 Å². The number of amides is 1. The number of rotatable bonds is 6. The fourth-order valence-electron chi connectivity index (χ4n) is 2.59. The Kier molecular flexibility index (Phi) is 8.15. The van der Waals surface area contributed by atoms with Crippen LogP contribution in [0.3, 0.4) is 0 Å². The molecule has 0 aliphatic carbocycles. The van der Waals surface area contributed by atoms with Gasteiger partial charge in [-0.2, -0.15) is 4.31 Å². The van der Waals surface area contributed by atoms with Crippen LogP contribution in [0.4, 0.5) is 0 Å². The van der Waals surface area contributed by atoms with Gasteiger partial charge in [0.1, 0.15) is 0 Å². The highest BCUT2D eigenvalue weighted by Crippen LogP contribution is 2.22. The molecule has 1 saturated heterocycles. The van der Waals surface area contributed by atoms with Crippen molar-refractivity contribution in [3.8, 4) is 0 Å². The quantitative estimate of drug-likeness (QED) is 0.819. The van der Waals surface area contributed by atoms with E-state index < -0.39 is 10.0 Å². The number of sulfonamides is 1. The molecule has 0 aromatic heterocycles. The molecule has 1 N–H and O–H groups in total. The summed E-state index contributed by atoms with van der Waals surface area (Å²) in [4.78, 5) is 14.3. The summed E-state index contributed by atoms with van der Waals surface area (Å²) in [5.74, 6) is -0.243. The zero-order valence-corrected chi connectivity index (χ0v) is 15.8. The summed E-state index contributed by atoms with van der Waals surface area (Å²) in [6, 6.07) is 6.49. The highest BCUT2D eigenvalue weighted by molar-refractivity contribution is 7.89. The van der Waals surface area contributed by atoms with Crippen LogP contribution in [-0.4, -0.2) is 63.3 Å². The number of nitrogens with zero attached hydrogens (tertiary/aromatic N) is 2. The average molecular weight is 376 g/mol. The second kappa shape index (κ2) is 9.36. The van der Waals surface area contributed by atoms with E-state index in [4.69, 9.17) is 0 Å². The van der Waals surface area contributed by atoms with Gasteiger partial charge in [-0.15, -0.1) is 12.4 Å². The molecule has 0 spiro atoms. The Labute approximate surface area is 150 Å². The smallest absolute Gasteiger partial charge is 0.254 e. The molecule has 136 valence electrons. The van der Waals surface area contributed by atoms with Crippen molar-refractivity contribution in [2.45, 2.75) is 24.7 Å². The van der Waals surface area contributed by atoms with E-state index >= 15 is 0 Å². The molecule has 1 fully saturated rings. The Morgan fingerprint density at radius 1 is 1.25 bits per heavy atom. The Balaban J connectivity index is 0.00000288. The molecule has 0 unspecified atom stereocenters. The summed E-state index contributed by atoms with van der Waals surface area (Å²) >= 11 is 0. The van der Waals surface area contributed by atoms with Crippen molar-refractivity contribution in [2.75, 3.05) is 39.8 Å². The molecule has 2 rings (SSSR count). The molecule has 1 aromatic rings. The van der Waals surface area contributed by atoms with Crippen LogP contribution in [0.15, 0.2) is 29.2 Å². The van der Waals surface area contributed by atoms with Gasteiger partial charge in [0.2, 0.25) is 10.0 Å². The van der Waals surface area contributed by atoms with Gasteiger partial charge in [0.25, 0.3) is 5.91 Å². The number of benzene rings is 1. The van der Waals surface area contributed by atoms with Gasteiger partial charge >= 0.3 is 0 Å². The predicted molar refractivity (Wildman–Crippen MR) is 97.2 cm³/mol. The number of hydrogen-bond acceptors (Lipinski definition) is 4. The average Bonchev–Trinajstić information content (AvgIpc) is 2.59. The highest BCUT2D eigenvalue weighted by atomic mass is 35.5. The number of piperazine rings is 1. The van der Waals surface area contributed by atoms with Crippen LogP contribution in [0.1, 0.15) is 30.1 Å². The number of nitrogens with one attached hydrogen (secondary N) is 1. The molecule has 1 aliphatic rings. The Morgan fingerprint density at radius 3 is 2.50 bits per heavy atom. The minimum Gasteiger partial charge on any atom is -0.342 e. The van der Waals surface area contributed by atoms with Gasteiger partial charge in [-0.05, 0) is 18.6 Å². The maximum Gasteiger partial charge on any atom is 0.254 e. The molecule has 0 saturated carbocycles. The lowest BCUT2D eigenvalue weighted by Crippen LogP contribution is -2.46. The maximum absolute atomic E-state index is 12.9. The minimum atomic E-state index is -3.65. The first kappa shape index (κ1) is 20.9. The topological polar surface area (TPSA) is 69.7 Å². The second-order valence-electron chi connectivity index (χ2n) is 5.73. The standard InChI is InChI=1S/C16H25N3O3S.ClH/c1-3-4-11-18(2)16(20)14-7-5-6-8-15(14)23(21,22)19-12-9-17-10-13-19;/h5-8,17H,3-4,9-13H2,1-2H3;1H. The second-order valence-corrected chi connectivity index (χ2v) is 7.64. The van der Waals surface area contributed by atoms with Crippen molar-refractivity contribution in [3.05, 3.63) is 29.8 Å². The number of carbonyl (C=O) groups excluding carboxylic acids is 1. The van der Waals surface area contributed by atoms with E-state index in [0.717, 1.165) is 12.8 Å². The summed E-state index contributed by atoms with van der Waals surface area (Å²) < 4.78 is 27.2. The lowest BCUT2D eigenvalue weighted by atomic mass is 10.2. The molecule has 24 heavy (non-hydrogen) atoms. The van der Waals surface area contributed by atoms with Gasteiger partial charge in [0, 0.05) is 39.8 Å². The van der Waals surface area contributed by atoms with E-state index in [1.807, 2.05) is 0 Å². The summed E-state index contributed by atoms with van der Waals surface area (Å²) in [6.45, 7) is 4.79. The van der Waals surface area contributed by atoms with Crippen LogP contribution in [0.5, 0.6) is 0 Å². The summed E-state index contributed by atoms with van der Waals surface area (Å²) in [7, 11) is -1.93. The van der Waals surface area contributed by atoms with Crippen molar-refractivity contribution in [1.29, 1.82) is 0 Å². The molecule has 1 heterocycles. The molecule has 8 heteroatoms. The van der Waals surface area contributed by atoms with Gasteiger partial charge in [-0.3, -0.25) is 4.79 Å². The summed E-state index contributed by atoms with van der Waals surface area (Å²) in [6.07, 6.45) is 1.88. The van der Waals surface area contributed by atoms with E-state index in [0.29, 0.717) is 32.7 Å². The maximum atomic E-state index is 12.9. The van der Waals surface area contributed by atoms with Crippen LogP contribution >= 0.6 is 12.4 Å². The lowest BCUT2D eigenvalue weighted by molar-refractivity contribution is 0.0789. The third-order valence-electron chi connectivity index (χ3n) is 4.01. The number of hydrogen-bond donors (Lipinski definition) is 1. The molecule has 0 radical (unpaired) electrons. The first-order chi connectivity index (χ1) is 11.0. The first-order valence-corrected chi connectivity index (χ1v) is 9.48. The molecular weight excluding hydrogens is 350 g/mol. The molecule has 0 bridgehead atoms. The van der Waals surface area contributed by atoms with E-state index in [1.54, 1.807) is 30.1 Å². The third-order valence-corrected chi connectivity index (χ3v) is 5.96. The normalized spacial score (nSPS) is 15.6. The van der Waals surface area contributed by atoms with Crippen molar-refractivity contribution < 1.29 is 13.2 Å². The van der Waals surface area contributed by atoms with E-state index in [9.17, 15) is 13.2 Å².